The molecule has 0 spiro atoms. The summed E-state index contributed by atoms with van der Waals surface area (Å²) in [6, 6.07) is 13.3. The van der Waals surface area contributed by atoms with Gasteiger partial charge in [-0.05, 0) is 30.2 Å². The van der Waals surface area contributed by atoms with Gasteiger partial charge in [0.25, 0.3) is 0 Å². The average Bonchev–Trinajstić information content (AvgIpc) is 2.39. The molecule has 0 unspecified atom stereocenters. The molecular formula is C14H15NO2. The number of aromatic nitrogens is 1. The molecule has 0 saturated carbocycles. The Bertz CT molecular complexity index is 452. The van der Waals surface area contributed by atoms with Crippen molar-refractivity contribution in [2.45, 2.75) is 20.0 Å². The Kier molecular flexibility index (Phi) is 3.73. The summed E-state index contributed by atoms with van der Waals surface area (Å²) < 4.78 is 5.64. The quantitative estimate of drug-likeness (QED) is 0.876. The predicted octanol–water partition coefficient (Wildman–Crippen LogP) is 2.93. The smallest absolute Gasteiger partial charge is 0.219 e. The van der Waals surface area contributed by atoms with Gasteiger partial charge in [0.2, 0.25) is 5.88 Å². The van der Waals surface area contributed by atoms with Crippen molar-refractivity contribution in [3.63, 3.8) is 0 Å². The molecule has 17 heavy (non-hydrogen) atoms. The van der Waals surface area contributed by atoms with Gasteiger partial charge >= 0.3 is 0 Å². The highest BCUT2D eigenvalue weighted by atomic mass is 16.5. The first-order chi connectivity index (χ1) is 8.31. The van der Waals surface area contributed by atoms with Crippen LogP contribution in [0.3, 0.4) is 0 Å². The highest BCUT2D eigenvalue weighted by Gasteiger charge is 2.00. The number of nitrogens with zero attached hydrogens (tertiary/aromatic N) is 1. The van der Waals surface area contributed by atoms with Crippen molar-refractivity contribution in [1.82, 2.24) is 4.98 Å². The lowest BCUT2D eigenvalue weighted by molar-refractivity contribution is 0.275. The van der Waals surface area contributed by atoms with Gasteiger partial charge in [-0.15, -0.1) is 0 Å². The molecule has 1 N–H and O–H groups in total. The molecule has 2 aromatic rings. The van der Waals surface area contributed by atoms with E-state index in [-0.39, 0.29) is 6.61 Å². The van der Waals surface area contributed by atoms with Crippen LogP contribution in [-0.2, 0) is 13.0 Å². The molecule has 0 atom stereocenters. The number of aliphatic hydroxyl groups is 1. The van der Waals surface area contributed by atoms with Crippen LogP contribution in [0.15, 0.2) is 42.5 Å². The summed E-state index contributed by atoms with van der Waals surface area (Å²) in [7, 11) is 0. The number of aliphatic hydroxyl groups excluding tert-OH is 1. The van der Waals surface area contributed by atoms with E-state index in [1.165, 1.54) is 5.56 Å². The lowest BCUT2D eigenvalue weighted by Crippen LogP contribution is -1.93. The molecule has 0 amide bonds. The van der Waals surface area contributed by atoms with Gasteiger partial charge in [0, 0.05) is 6.07 Å². The van der Waals surface area contributed by atoms with E-state index in [2.05, 4.69) is 18.0 Å². The van der Waals surface area contributed by atoms with E-state index in [1.54, 1.807) is 12.1 Å². The molecule has 1 aromatic carbocycles. The summed E-state index contributed by atoms with van der Waals surface area (Å²) in [6.45, 7) is 2.02. The van der Waals surface area contributed by atoms with Crippen LogP contribution < -0.4 is 4.74 Å². The van der Waals surface area contributed by atoms with Crippen molar-refractivity contribution in [3.8, 4) is 11.6 Å². The SMILES string of the molecule is CCc1cccc(Oc2cccc(CO)n2)c1. The van der Waals surface area contributed by atoms with Crippen molar-refractivity contribution in [2.24, 2.45) is 0 Å². The van der Waals surface area contributed by atoms with Crippen LogP contribution in [0.4, 0.5) is 0 Å². The minimum atomic E-state index is -0.0772. The Morgan fingerprint density at radius 2 is 2.00 bits per heavy atom. The largest absolute Gasteiger partial charge is 0.439 e. The topological polar surface area (TPSA) is 42.4 Å². The number of ether oxygens (including phenoxy) is 1. The van der Waals surface area contributed by atoms with Gasteiger partial charge in [-0.1, -0.05) is 25.1 Å². The second-order valence-corrected chi connectivity index (χ2v) is 3.73. The molecule has 0 aliphatic carbocycles. The Hall–Kier alpha value is -1.87. The number of rotatable bonds is 4. The zero-order chi connectivity index (χ0) is 12.1. The summed E-state index contributed by atoms with van der Waals surface area (Å²) in [5, 5.41) is 8.99. The first-order valence-corrected chi connectivity index (χ1v) is 5.65. The second-order valence-electron chi connectivity index (χ2n) is 3.73. The maximum Gasteiger partial charge on any atom is 0.219 e. The Morgan fingerprint density at radius 1 is 1.18 bits per heavy atom. The molecule has 0 bridgehead atoms. The van der Waals surface area contributed by atoms with Crippen LogP contribution >= 0.6 is 0 Å². The van der Waals surface area contributed by atoms with Gasteiger partial charge < -0.3 is 9.84 Å². The van der Waals surface area contributed by atoms with E-state index in [1.807, 2.05) is 24.3 Å². The monoisotopic (exact) mass is 229 g/mol. The van der Waals surface area contributed by atoms with Gasteiger partial charge in [0.05, 0.1) is 12.3 Å². The number of benzene rings is 1. The van der Waals surface area contributed by atoms with Crippen molar-refractivity contribution in [2.75, 3.05) is 0 Å². The normalized spacial score (nSPS) is 10.2. The minimum absolute atomic E-state index is 0.0772. The lowest BCUT2D eigenvalue weighted by Gasteiger charge is -2.06. The number of hydrogen-bond donors (Lipinski definition) is 1. The first kappa shape index (κ1) is 11.6. The molecule has 1 aromatic heterocycles. The van der Waals surface area contributed by atoms with E-state index >= 15 is 0 Å². The van der Waals surface area contributed by atoms with Crippen LogP contribution in [-0.4, -0.2) is 10.1 Å². The fourth-order valence-electron chi connectivity index (χ4n) is 1.55. The Labute approximate surface area is 101 Å². The summed E-state index contributed by atoms with van der Waals surface area (Å²) in [5.41, 5.74) is 1.83. The molecule has 3 nitrogen and oxygen atoms in total. The third-order valence-electron chi connectivity index (χ3n) is 2.47. The zero-order valence-electron chi connectivity index (χ0n) is 9.76. The van der Waals surface area contributed by atoms with Crippen LogP contribution in [0.5, 0.6) is 11.6 Å². The second kappa shape index (κ2) is 5.46. The van der Waals surface area contributed by atoms with E-state index in [0.717, 1.165) is 12.2 Å². The van der Waals surface area contributed by atoms with Crippen molar-refractivity contribution < 1.29 is 9.84 Å². The fraction of sp³-hybridized carbons (Fsp3) is 0.214. The zero-order valence-corrected chi connectivity index (χ0v) is 9.76. The number of pyridine rings is 1. The summed E-state index contributed by atoms with van der Waals surface area (Å²) >= 11 is 0. The molecule has 1 heterocycles. The average molecular weight is 229 g/mol. The molecule has 0 fully saturated rings. The summed E-state index contributed by atoms with van der Waals surface area (Å²) in [4.78, 5) is 4.17. The molecule has 0 aliphatic heterocycles. The van der Waals surface area contributed by atoms with Gasteiger partial charge in [-0.3, -0.25) is 0 Å². The third kappa shape index (κ3) is 3.04. The van der Waals surface area contributed by atoms with Crippen molar-refractivity contribution in [1.29, 1.82) is 0 Å². The maximum absolute atomic E-state index is 8.99. The third-order valence-corrected chi connectivity index (χ3v) is 2.47. The molecule has 3 heteroatoms. The van der Waals surface area contributed by atoms with E-state index in [0.29, 0.717) is 11.6 Å². The highest BCUT2D eigenvalue weighted by Crippen LogP contribution is 2.20. The van der Waals surface area contributed by atoms with Gasteiger partial charge in [0.1, 0.15) is 5.75 Å². The fourth-order valence-corrected chi connectivity index (χ4v) is 1.55. The lowest BCUT2D eigenvalue weighted by atomic mass is 10.2. The summed E-state index contributed by atoms with van der Waals surface area (Å²) in [6.07, 6.45) is 0.974. The number of hydrogen-bond acceptors (Lipinski definition) is 3. The van der Waals surface area contributed by atoms with E-state index in [4.69, 9.17) is 9.84 Å². The number of aryl methyl sites for hydroxylation is 1. The van der Waals surface area contributed by atoms with Crippen LogP contribution in [0.2, 0.25) is 0 Å². The first-order valence-electron chi connectivity index (χ1n) is 5.65. The Morgan fingerprint density at radius 3 is 2.76 bits per heavy atom. The molecule has 0 radical (unpaired) electrons. The minimum Gasteiger partial charge on any atom is -0.439 e. The predicted molar refractivity (Wildman–Crippen MR) is 66.1 cm³/mol. The van der Waals surface area contributed by atoms with Gasteiger partial charge in [-0.25, -0.2) is 4.98 Å². The van der Waals surface area contributed by atoms with Gasteiger partial charge in [-0.2, -0.15) is 0 Å². The molecule has 2 rings (SSSR count). The van der Waals surface area contributed by atoms with Crippen LogP contribution in [0, 0.1) is 0 Å². The highest BCUT2D eigenvalue weighted by molar-refractivity contribution is 5.31. The van der Waals surface area contributed by atoms with Crippen LogP contribution in [0.25, 0.3) is 0 Å². The Balaban J connectivity index is 2.18. The standard InChI is InChI=1S/C14H15NO2/c1-2-11-5-3-7-13(9-11)17-14-8-4-6-12(10-16)15-14/h3-9,16H,2,10H2,1H3. The van der Waals surface area contributed by atoms with Crippen molar-refractivity contribution >= 4 is 0 Å². The van der Waals surface area contributed by atoms with Crippen LogP contribution in [0.1, 0.15) is 18.2 Å². The molecule has 0 aliphatic rings. The van der Waals surface area contributed by atoms with E-state index < -0.39 is 0 Å². The molecule has 0 saturated heterocycles. The van der Waals surface area contributed by atoms with Gasteiger partial charge in [0.15, 0.2) is 0 Å². The van der Waals surface area contributed by atoms with E-state index in [9.17, 15) is 0 Å². The molecular weight excluding hydrogens is 214 g/mol. The molecule has 88 valence electrons. The summed E-state index contributed by atoms with van der Waals surface area (Å²) in [5.74, 6) is 1.27. The van der Waals surface area contributed by atoms with Crippen molar-refractivity contribution in [3.05, 3.63) is 53.7 Å². The maximum atomic E-state index is 8.99.